The highest BCUT2D eigenvalue weighted by Gasteiger charge is 2.52. The zero-order valence-corrected chi connectivity index (χ0v) is 12.7. The second kappa shape index (κ2) is 5.09. The van der Waals surface area contributed by atoms with Crippen molar-refractivity contribution in [2.24, 2.45) is 5.41 Å². The largest absolute Gasteiger partial charge is 0.394 e. The molecule has 1 aliphatic carbocycles. The number of halogens is 3. The van der Waals surface area contributed by atoms with Crippen molar-refractivity contribution in [1.29, 1.82) is 0 Å². The Morgan fingerprint density at radius 2 is 1.45 bits per heavy atom. The average Bonchev–Trinajstić information content (AvgIpc) is 2.35. The second-order valence-electron chi connectivity index (χ2n) is 6.61. The number of aryl methyl sites for hydroxylation is 2. The highest BCUT2D eigenvalue weighted by Crippen LogP contribution is 2.51. The summed E-state index contributed by atoms with van der Waals surface area (Å²) in [6, 6.07) is 4.31. The van der Waals surface area contributed by atoms with Gasteiger partial charge in [0.2, 0.25) is 0 Å². The molecule has 0 heterocycles. The standard InChI is InChI=1S/C17H23F3/c1-11-9-15(10-12(2)13(11)3)14-5-7-16(4,8-6-14)17(18,19)20/h9-10,14H,5-8H2,1-4H3. The van der Waals surface area contributed by atoms with Crippen molar-refractivity contribution in [2.45, 2.75) is 65.5 Å². The van der Waals surface area contributed by atoms with Gasteiger partial charge < -0.3 is 0 Å². The van der Waals surface area contributed by atoms with Crippen molar-refractivity contribution in [3.8, 4) is 0 Å². The molecule has 0 spiro atoms. The van der Waals surface area contributed by atoms with Crippen molar-refractivity contribution in [2.75, 3.05) is 0 Å². The molecule has 0 nitrogen and oxygen atoms in total. The Labute approximate surface area is 119 Å². The average molecular weight is 284 g/mol. The van der Waals surface area contributed by atoms with E-state index >= 15 is 0 Å². The summed E-state index contributed by atoms with van der Waals surface area (Å²) < 4.78 is 39.1. The van der Waals surface area contributed by atoms with Crippen molar-refractivity contribution >= 4 is 0 Å². The fraction of sp³-hybridized carbons (Fsp3) is 0.647. The van der Waals surface area contributed by atoms with Gasteiger partial charge in [0.15, 0.2) is 0 Å². The van der Waals surface area contributed by atoms with E-state index in [2.05, 4.69) is 32.9 Å². The van der Waals surface area contributed by atoms with Crippen LogP contribution >= 0.6 is 0 Å². The van der Waals surface area contributed by atoms with Crippen LogP contribution in [0.15, 0.2) is 12.1 Å². The van der Waals surface area contributed by atoms with Gasteiger partial charge in [-0.15, -0.1) is 0 Å². The first kappa shape index (κ1) is 15.4. The molecule has 1 saturated carbocycles. The summed E-state index contributed by atoms with van der Waals surface area (Å²) >= 11 is 0. The lowest BCUT2D eigenvalue weighted by Gasteiger charge is -2.39. The summed E-state index contributed by atoms with van der Waals surface area (Å²) in [6.07, 6.45) is -2.31. The molecule has 1 aliphatic rings. The number of hydrogen-bond donors (Lipinski definition) is 0. The first-order chi connectivity index (χ1) is 9.14. The normalized spacial score (nSPS) is 27.6. The molecule has 2 rings (SSSR count). The van der Waals surface area contributed by atoms with Gasteiger partial charge in [-0.3, -0.25) is 0 Å². The molecule has 0 saturated heterocycles. The SMILES string of the molecule is Cc1cc(C2CCC(C)(C(F)(F)F)CC2)cc(C)c1C. The van der Waals surface area contributed by atoms with E-state index < -0.39 is 11.6 Å². The van der Waals surface area contributed by atoms with Crippen molar-refractivity contribution in [1.82, 2.24) is 0 Å². The molecule has 112 valence electrons. The van der Waals surface area contributed by atoms with Crippen LogP contribution in [0.1, 0.15) is 60.8 Å². The molecule has 0 aliphatic heterocycles. The molecule has 0 atom stereocenters. The Bertz CT molecular complexity index is 468. The Kier molecular flexibility index (Phi) is 3.92. The second-order valence-corrected chi connectivity index (χ2v) is 6.61. The zero-order valence-electron chi connectivity index (χ0n) is 12.7. The van der Waals surface area contributed by atoms with Crippen LogP contribution in [0, 0.1) is 26.2 Å². The number of hydrogen-bond acceptors (Lipinski definition) is 0. The van der Waals surface area contributed by atoms with Crippen molar-refractivity contribution < 1.29 is 13.2 Å². The minimum Gasteiger partial charge on any atom is -0.171 e. The van der Waals surface area contributed by atoms with Crippen LogP contribution in [-0.4, -0.2) is 6.18 Å². The van der Waals surface area contributed by atoms with E-state index in [9.17, 15) is 13.2 Å². The Morgan fingerprint density at radius 3 is 1.85 bits per heavy atom. The zero-order chi connectivity index (χ0) is 15.1. The summed E-state index contributed by atoms with van der Waals surface area (Å²) in [6.45, 7) is 7.62. The molecule has 3 heteroatoms. The third-order valence-corrected chi connectivity index (χ3v) is 5.19. The van der Waals surface area contributed by atoms with Gasteiger partial charge in [0, 0.05) is 0 Å². The maximum Gasteiger partial charge on any atom is 0.394 e. The predicted molar refractivity (Wildman–Crippen MR) is 76.0 cm³/mol. The molecule has 0 radical (unpaired) electrons. The first-order valence-corrected chi connectivity index (χ1v) is 7.28. The van der Waals surface area contributed by atoms with Crippen LogP contribution < -0.4 is 0 Å². The molecule has 0 amide bonds. The third-order valence-electron chi connectivity index (χ3n) is 5.19. The van der Waals surface area contributed by atoms with Gasteiger partial charge in [0.1, 0.15) is 0 Å². The van der Waals surface area contributed by atoms with Crippen LogP contribution in [0.5, 0.6) is 0 Å². The fourth-order valence-corrected chi connectivity index (χ4v) is 3.18. The van der Waals surface area contributed by atoms with Gasteiger partial charge in [-0.05, 0) is 74.6 Å². The Morgan fingerprint density at radius 1 is 1.00 bits per heavy atom. The van der Waals surface area contributed by atoms with Gasteiger partial charge >= 0.3 is 6.18 Å². The fourth-order valence-electron chi connectivity index (χ4n) is 3.18. The van der Waals surface area contributed by atoms with Crippen LogP contribution in [-0.2, 0) is 0 Å². The maximum absolute atomic E-state index is 13.0. The quantitative estimate of drug-likeness (QED) is 0.608. The van der Waals surface area contributed by atoms with E-state index in [1.54, 1.807) is 0 Å². The summed E-state index contributed by atoms with van der Waals surface area (Å²) in [4.78, 5) is 0. The van der Waals surface area contributed by atoms with Crippen molar-refractivity contribution in [3.05, 3.63) is 34.4 Å². The summed E-state index contributed by atoms with van der Waals surface area (Å²) in [7, 11) is 0. The first-order valence-electron chi connectivity index (χ1n) is 7.28. The molecule has 0 aromatic heterocycles. The van der Waals surface area contributed by atoms with E-state index in [1.165, 1.54) is 29.2 Å². The maximum atomic E-state index is 13.0. The van der Waals surface area contributed by atoms with Crippen molar-refractivity contribution in [3.63, 3.8) is 0 Å². The van der Waals surface area contributed by atoms with Gasteiger partial charge in [-0.25, -0.2) is 0 Å². The third kappa shape index (κ3) is 2.72. The minimum atomic E-state index is -4.07. The monoisotopic (exact) mass is 284 g/mol. The number of benzene rings is 1. The summed E-state index contributed by atoms with van der Waals surface area (Å²) in [5.74, 6) is 0.281. The molecule has 1 aromatic carbocycles. The van der Waals surface area contributed by atoms with Gasteiger partial charge in [-0.2, -0.15) is 13.2 Å². The lowest BCUT2D eigenvalue weighted by molar-refractivity contribution is -0.228. The molecule has 1 aromatic rings. The smallest absolute Gasteiger partial charge is 0.171 e. The van der Waals surface area contributed by atoms with E-state index in [0.717, 1.165) is 0 Å². The van der Waals surface area contributed by atoms with Crippen LogP contribution in [0.4, 0.5) is 13.2 Å². The van der Waals surface area contributed by atoms with Crippen LogP contribution in [0.3, 0.4) is 0 Å². The van der Waals surface area contributed by atoms with Crippen LogP contribution in [0.25, 0.3) is 0 Å². The van der Waals surface area contributed by atoms with Gasteiger partial charge in [0.05, 0.1) is 5.41 Å². The van der Waals surface area contributed by atoms with E-state index in [-0.39, 0.29) is 18.8 Å². The van der Waals surface area contributed by atoms with E-state index in [0.29, 0.717) is 12.8 Å². The predicted octanol–water partition coefficient (Wildman–Crippen LogP) is 5.84. The van der Waals surface area contributed by atoms with E-state index in [4.69, 9.17) is 0 Å². The Hall–Kier alpha value is -0.990. The molecule has 0 unspecified atom stereocenters. The van der Waals surface area contributed by atoms with Crippen LogP contribution in [0.2, 0.25) is 0 Å². The molecule has 1 fully saturated rings. The van der Waals surface area contributed by atoms with Gasteiger partial charge in [-0.1, -0.05) is 19.1 Å². The summed E-state index contributed by atoms with van der Waals surface area (Å²) in [5, 5.41) is 0. The molecule has 0 bridgehead atoms. The Balaban J connectivity index is 2.16. The minimum absolute atomic E-state index is 0.243. The highest BCUT2D eigenvalue weighted by atomic mass is 19.4. The lowest BCUT2D eigenvalue weighted by Crippen LogP contribution is -2.38. The molecule has 0 N–H and O–H groups in total. The van der Waals surface area contributed by atoms with E-state index in [1.807, 2.05) is 0 Å². The lowest BCUT2D eigenvalue weighted by atomic mass is 9.69. The molecular weight excluding hydrogens is 261 g/mol. The molecular formula is C17H23F3. The summed E-state index contributed by atoms with van der Waals surface area (Å²) in [5.41, 5.74) is 3.49. The van der Waals surface area contributed by atoms with Gasteiger partial charge in [0.25, 0.3) is 0 Å². The number of alkyl halides is 3. The molecule has 20 heavy (non-hydrogen) atoms. The topological polar surface area (TPSA) is 0 Å². The highest BCUT2D eigenvalue weighted by molar-refractivity contribution is 5.38. The number of rotatable bonds is 1.